The molecule has 8 nitrogen and oxygen atoms in total. The highest BCUT2D eigenvalue weighted by Gasteiger charge is 2.39. The van der Waals surface area contributed by atoms with Crippen LogP contribution in [0.4, 0.5) is 5.82 Å². The molecule has 1 unspecified atom stereocenters. The quantitative estimate of drug-likeness (QED) is 0.827. The molecule has 4 rings (SSSR count). The maximum absolute atomic E-state index is 11.9. The van der Waals surface area contributed by atoms with Gasteiger partial charge in [-0.05, 0) is 32.3 Å². The van der Waals surface area contributed by atoms with Crippen LogP contribution in [0.5, 0.6) is 0 Å². The minimum absolute atomic E-state index is 0.124. The summed E-state index contributed by atoms with van der Waals surface area (Å²) in [5.74, 6) is -0.360. The maximum atomic E-state index is 11.9. The number of hydrogen-bond donors (Lipinski definition) is 1. The lowest BCUT2D eigenvalue weighted by molar-refractivity contribution is -0.149. The highest BCUT2D eigenvalue weighted by atomic mass is 16.5. The van der Waals surface area contributed by atoms with Crippen molar-refractivity contribution in [2.24, 2.45) is 0 Å². The molecule has 1 atom stereocenters. The molecule has 3 aliphatic rings. The molecule has 1 aromatic rings. The van der Waals surface area contributed by atoms with E-state index in [9.17, 15) is 20.0 Å². The molecule has 8 heteroatoms. The molecule has 154 valence electrons. The van der Waals surface area contributed by atoms with Crippen molar-refractivity contribution in [3.05, 3.63) is 22.4 Å². The number of piperazine rings is 1. The van der Waals surface area contributed by atoms with E-state index in [-0.39, 0.29) is 18.1 Å². The average molecular weight is 398 g/mol. The largest absolute Gasteiger partial charge is 0.480 e. The zero-order chi connectivity index (χ0) is 20.9. The van der Waals surface area contributed by atoms with E-state index in [4.69, 9.17) is 9.72 Å². The summed E-state index contributed by atoms with van der Waals surface area (Å²) in [6.07, 6.45) is 2.77. The number of anilines is 1. The van der Waals surface area contributed by atoms with Gasteiger partial charge in [0.05, 0.1) is 30.0 Å². The van der Waals surface area contributed by atoms with Crippen LogP contribution in [0.25, 0.3) is 0 Å². The number of aromatic nitrogens is 1. The fraction of sp³-hybridized carbons (Fsp3) is 0.619. The van der Waals surface area contributed by atoms with Gasteiger partial charge in [0.25, 0.3) is 0 Å². The van der Waals surface area contributed by atoms with Gasteiger partial charge in [0.2, 0.25) is 5.91 Å². The van der Waals surface area contributed by atoms with Crippen LogP contribution < -0.4 is 4.90 Å². The molecular formula is C21H26N4O4. The summed E-state index contributed by atoms with van der Waals surface area (Å²) in [4.78, 5) is 31.8. The Labute approximate surface area is 170 Å². The molecule has 2 aliphatic heterocycles. The summed E-state index contributed by atoms with van der Waals surface area (Å²) in [6.45, 7) is 6.74. The summed E-state index contributed by atoms with van der Waals surface area (Å²) < 4.78 is 6.00. The molecular weight excluding hydrogens is 372 g/mol. The predicted molar refractivity (Wildman–Crippen MR) is 105 cm³/mol. The standard InChI is InChI=1S/C21H26N4O4/c1-12(26)25-7-6-24(10-17(25)20(27)28)19-15(9-22)14-8-21(2,3)29-11-16(14)18(23-19)13-4-5-13/h13,17H,4-8,10-11H2,1-3H3,(H,27,28). The van der Waals surface area contributed by atoms with Crippen molar-refractivity contribution in [1.82, 2.24) is 9.88 Å². The van der Waals surface area contributed by atoms with E-state index >= 15 is 0 Å². The smallest absolute Gasteiger partial charge is 0.328 e. The van der Waals surface area contributed by atoms with Gasteiger partial charge in [-0.2, -0.15) is 5.26 Å². The Hall–Kier alpha value is -2.66. The lowest BCUT2D eigenvalue weighted by Gasteiger charge is -2.41. The van der Waals surface area contributed by atoms with E-state index in [1.165, 1.54) is 11.8 Å². The molecule has 3 heterocycles. The number of fused-ring (bicyclic) bond motifs is 1. The van der Waals surface area contributed by atoms with Gasteiger partial charge in [-0.3, -0.25) is 4.79 Å². The highest BCUT2D eigenvalue weighted by Crippen LogP contribution is 2.45. The van der Waals surface area contributed by atoms with E-state index < -0.39 is 12.0 Å². The van der Waals surface area contributed by atoms with Crippen molar-refractivity contribution >= 4 is 17.7 Å². The minimum Gasteiger partial charge on any atom is -0.480 e. The van der Waals surface area contributed by atoms with Crippen LogP contribution in [0.1, 0.15) is 61.9 Å². The lowest BCUT2D eigenvalue weighted by atomic mass is 9.87. The van der Waals surface area contributed by atoms with Crippen molar-refractivity contribution in [2.75, 3.05) is 24.5 Å². The lowest BCUT2D eigenvalue weighted by Crippen LogP contribution is -2.58. The van der Waals surface area contributed by atoms with Crippen LogP contribution in [0.15, 0.2) is 0 Å². The maximum Gasteiger partial charge on any atom is 0.328 e. The zero-order valence-corrected chi connectivity index (χ0v) is 17.1. The normalized spacial score (nSPS) is 23.3. The van der Waals surface area contributed by atoms with Gasteiger partial charge in [0.15, 0.2) is 0 Å². The molecule has 1 aromatic heterocycles. The number of nitrogens with zero attached hydrogens (tertiary/aromatic N) is 4. The number of carbonyl (C=O) groups excluding carboxylic acids is 1. The first-order valence-electron chi connectivity index (χ1n) is 10.1. The third-order valence-electron chi connectivity index (χ3n) is 6.08. The third kappa shape index (κ3) is 3.55. The Morgan fingerprint density at radius 1 is 1.28 bits per heavy atom. The summed E-state index contributed by atoms with van der Waals surface area (Å²) in [7, 11) is 0. The minimum atomic E-state index is -1.04. The van der Waals surface area contributed by atoms with Crippen molar-refractivity contribution < 1.29 is 19.4 Å². The second kappa shape index (κ2) is 6.99. The first-order valence-corrected chi connectivity index (χ1v) is 10.1. The summed E-state index contributed by atoms with van der Waals surface area (Å²) in [5, 5.41) is 19.6. The molecule has 29 heavy (non-hydrogen) atoms. The van der Waals surface area contributed by atoms with Gasteiger partial charge in [0, 0.05) is 37.9 Å². The van der Waals surface area contributed by atoms with Crippen molar-refractivity contribution in [3.8, 4) is 6.07 Å². The molecule has 1 N–H and O–H groups in total. The van der Waals surface area contributed by atoms with Crippen molar-refractivity contribution in [3.63, 3.8) is 0 Å². The van der Waals surface area contributed by atoms with Crippen LogP contribution in [0.2, 0.25) is 0 Å². The molecule has 1 saturated heterocycles. The van der Waals surface area contributed by atoms with Crippen LogP contribution in [-0.2, 0) is 27.4 Å². The molecule has 2 fully saturated rings. The van der Waals surface area contributed by atoms with Gasteiger partial charge >= 0.3 is 5.97 Å². The van der Waals surface area contributed by atoms with Crippen LogP contribution in [-0.4, -0.2) is 58.1 Å². The van der Waals surface area contributed by atoms with Crippen LogP contribution in [0.3, 0.4) is 0 Å². The Morgan fingerprint density at radius 2 is 2.00 bits per heavy atom. The number of hydrogen-bond acceptors (Lipinski definition) is 6. The van der Waals surface area contributed by atoms with Gasteiger partial charge in [-0.15, -0.1) is 0 Å². The second-order valence-electron chi connectivity index (χ2n) is 8.78. The molecule has 0 aromatic carbocycles. The Morgan fingerprint density at radius 3 is 2.59 bits per heavy atom. The number of rotatable bonds is 3. The molecule has 0 spiro atoms. The fourth-order valence-corrected chi connectivity index (χ4v) is 4.38. The van der Waals surface area contributed by atoms with Gasteiger partial charge in [-0.25, -0.2) is 9.78 Å². The second-order valence-corrected chi connectivity index (χ2v) is 8.78. The molecule has 1 saturated carbocycles. The Bertz CT molecular complexity index is 916. The molecule has 0 radical (unpaired) electrons. The average Bonchev–Trinajstić information content (AvgIpc) is 3.50. The number of amides is 1. The number of carbonyl (C=O) groups is 2. The third-order valence-corrected chi connectivity index (χ3v) is 6.08. The number of carboxylic acids is 1. The Kier molecular flexibility index (Phi) is 4.74. The SMILES string of the molecule is CC(=O)N1CCN(c2nc(C3CC3)c3c(c2C#N)CC(C)(C)OC3)CC1C(=O)O. The fourth-order valence-electron chi connectivity index (χ4n) is 4.38. The molecule has 1 amide bonds. The van der Waals surface area contributed by atoms with Crippen molar-refractivity contribution in [2.45, 2.75) is 64.2 Å². The topological polar surface area (TPSA) is 107 Å². The Balaban J connectivity index is 1.78. The number of aliphatic carboxylic acids is 1. The summed E-state index contributed by atoms with van der Waals surface area (Å²) >= 11 is 0. The van der Waals surface area contributed by atoms with Gasteiger partial charge in [0.1, 0.15) is 17.9 Å². The van der Waals surface area contributed by atoms with Gasteiger partial charge < -0.3 is 19.6 Å². The summed E-state index contributed by atoms with van der Waals surface area (Å²) in [6, 6.07) is 1.39. The first kappa shape index (κ1) is 19.6. The number of ether oxygens (including phenoxy) is 1. The molecule has 0 bridgehead atoms. The van der Waals surface area contributed by atoms with Crippen LogP contribution in [0, 0.1) is 11.3 Å². The van der Waals surface area contributed by atoms with E-state index in [2.05, 4.69) is 6.07 Å². The van der Waals surface area contributed by atoms with Gasteiger partial charge in [-0.1, -0.05) is 0 Å². The number of pyridine rings is 1. The monoisotopic (exact) mass is 398 g/mol. The highest BCUT2D eigenvalue weighted by molar-refractivity contribution is 5.83. The van der Waals surface area contributed by atoms with Crippen molar-refractivity contribution in [1.29, 1.82) is 5.26 Å². The summed E-state index contributed by atoms with van der Waals surface area (Å²) in [5.41, 5.74) is 3.15. The number of nitriles is 1. The zero-order valence-electron chi connectivity index (χ0n) is 17.1. The predicted octanol–water partition coefficient (Wildman–Crippen LogP) is 1.80. The van der Waals surface area contributed by atoms with E-state index in [1.807, 2.05) is 18.7 Å². The molecule has 1 aliphatic carbocycles. The van der Waals surface area contributed by atoms with E-state index in [0.717, 1.165) is 29.7 Å². The number of carboxylic acid groups (broad SMARTS) is 1. The van der Waals surface area contributed by atoms with E-state index in [0.29, 0.717) is 43.4 Å². The first-order chi connectivity index (χ1) is 13.7. The van der Waals surface area contributed by atoms with E-state index in [1.54, 1.807) is 0 Å². The van der Waals surface area contributed by atoms with Crippen LogP contribution >= 0.6 is 0 Å².